The van der Waals surface area contributed by atoms with Crippen LogP contribution in [0.25, 0.3) is 0 Å². The van der Waals surface area contributed by atoms with Crippen LogP contribution in [0.4, 0.5) is 0 Å². The van der Waals surface area contributed by atoms with Crippen LogP contribution in [0, 0.1) is 0 Å². The van der Waals surface area contributed by atoms with Gasteiger partial charge in [0.2, 0.25) is 0 Å². The van der Waals surface area contributed by atoms with Crippen LogP contribution in [0.1, 0.15) is 11.9 Å². The van der Waals surface area contributed by atoms with Crippen molar-refractivity contribution < 1.29 is 10.2 Å². The van der Waals surface area contributed by atoms with Gasteiger partial charge in [-0.1, -0.05) is 34.1 Å². The summed E-state index contributed by atoms with van der Waals surface area (Å²) in [7, 11) is 0. The molecule has 0 bridgehead atoms. The molecule has 2 nitrogen and oxygen atoms in total. The summed E-state index contributed by atoms with van der Waals surface area (Å²) < 4.78 is 0.713. The van der Waals surface area contributed by atoms with Crippen molar-refractivity contribution >= 4 is 15.9 Å². The van der Waals surface area contributed by atoms with Crippen LogP contribution in [0.5, 0.6) is 0 Å². The zero-order valence-electron chi connectivity index (χ0n) is 5.16. The van der Waals surface area contributed by atoms with E-state index in [-0.39, 0.29) is 0 Å². The van der Waals surface area contributed by atoms with Crippen LogP contribution in [0.2, 0.25) is 0 Å². The van der Waals surface area contributed by atoms with Crippen LogP contribution < -0.4 is 0 Å². The lowest BCUT2D eigenvalue weighted by Crippen LogP contribution is -1.94. The van der Waals surface area contributed by atoms with Crippen molar-refractivity contribution in [1.29, 1.82) is 0 Å². The Morgan fingerprint density at radius 2 is 1.80 bits per heavy atom. The average Bonchev–Trinajstić information content (AvgIpc) is 1.88. The largest absolute Gasteiger partial charge is 0.364 e. The first kappa shape index (κ1) is 7.72. The number of halogens is 1. The van der Waals surface area contributed by atoms with Gasteiger partial charge in [0.25, 0.3) is 0 Å². The van der Waals surface area contributed by atoms with E-state index in [1.165, 1.54) is 0 Å². The zero-order chi connectivity index (χ0) is 7.56. The summed E-state index contributed by atoms with van der Waals surface area (Å²) in [5.74, 6) is 0. The van der Waals surface area contributed by atoms with Crippen molar-refractivity contribution in [2.45, 2.75) is 6.29 Å². The molecule has 2 N–H and O–H groups in total. The minimum atomic E-state index is -1.39. The minimum absolute atomic E-state index is 0.488. The van der Waals surface area contributed by atoms with Crippen molar-refractivity contribution in [1.82, 2.24) is 0 Å². The van der Waals surface area contributed by atoms with E-state index in [0.717, 1.165) is 0 Å². The number of rotatable bonds is 1. The maximum absolute atomic E-state index is 8.73. The molecular weight excluding hydrogens is 196 g/mol. The second-order valence-corrected chi connectivity index (χ2v) is 2.75. The summed E-state index contributed by atoms with van der Waals surface area (Å²) in [5.41, 5.74) is 0.488. The highest BCUT2D eigenvalue weighted by molar-refractivity contribution is 9.10. The Balaban J connectivity index is 3.03. The third-order valence-electron chi connectivity index (χ3n) is 1.18. The molecule has 0 aromatic heterocycles. The van der Waals surface area contributed by atoms with Crippen molar-refractivity contribution in [3.05, 3.63) is 34.3 Å². The summed E-state index contributed by atoms with van der Waals surface area (Å²) in [6.07, 6.45) is -1.39. The molecule has 1 aromatic rings. The predicted octanol–water partition coefficient (Wildman–Crippen LogP) is 1.43. The van der Waals surface area contributed by atoms with E-state index in [1.54, 1.807) is 18.2 Å². The van der Waals surface area contributed by atoms with Crippen molar-refractivity contribution in [2.24, 2.45) is 0 Å². The van der Waals surface area contributed by atoms with E-state index in [4.69, 9.17) is 10.2 Å². The van der Waals surface area contributed by atoms with Crippen LogP contribution in [-0.4, -0.2) is 10.2 Å². The van der Waals surface area contributed by atoms with E-state index in [2.05, 4.69) is 15.9 Å². The average molecular weight is 203 g/mol. The summed E-state index contributed by atoms with van der Waals surface area (Å²) >= 11 is 3.18. The molecule has 0 radical (unpaired) electrons. The molecule has 10 heavy (non-hydrogen) atoms. The first-order valence-electron chi connectivity index (χ1n) is 2.82. The summed E-state index contributed by atoms with van der Waals surface area (Å²) in [5, 5.41) is 17.5. The van der Waals surface area contributed by atoms with Crippen LogP contribution >= 0.6 is 15.9 Å². The standard InChI is InChI=1S/C7H7BrO2/c8-6-4-2-1-3-5(6)7(9)10/h1-4,7,9-10H. The fraction of sp³-hybridized carbons (Fsp3) is 0.143. The fourth-order valence-electron chi connectivity index (χ4n) is 0.684. The number of benzene rings is 1. The molecule has 0 fully saturated rings. The highest BCUT2D eigenvalue weighted by atomic mass is 79.9. The number of aliphatic hydroxyl groups is 2. The molecule has 0 amide bonds. The van der Waals surface area contributed by atoms with E-state index < -0.39 is 6.29 Å². The van der Waals surface area contributed by atoms with Gasteiger partial charge in [0.15, 0.2) is 6.29 Å². The Hall–Kier alpha value is -0.380. The van der Waals surface area contributed by atoms with Gasteiger partial charge in [-0.15, -0.1) is 0 Å². The van der Waals surface area contributed by atoms with E-state index in [9.17, 15) is 0 Å². The molecule has 3 heteroatoms. The molecule has 0 unspecified atom stereocenters. The minimum Gasteiger partial charge on any atom is -0.364 e. The first-order valence-corrected chi connectivity index (χ1v) is 3.61. The molecule has 1 aromatic carbocycles. The summed E-state index contributed by atoms with van der Waals surface area (Å²) in [6.45, 7) is 0. The molecule has 54 valence electrons. The van der Waals surface area contributed by atoms with Crippen molar-refractivity contribution in [3.8, 4) is 0 Å². The van der Waals surface area contributed by atoms with Crippen LogP contribution in [0.15, 0.2) is 28.7 Å². The van der Waals surface area contributed by atoms with Crippen molar-refractivity contribution in [2.75, 3.05) is 0 Å². The molecular formula is C7H7BrO2. The maximum atomic E-state index is 8.73. The van der Waals surface area contributed by atoms with Gasteiger partial charge in [-0.25, -0.2) is 0 Å². The number of hydrogen-bond donors (Lipinski definition) is 2. The van der Waals surface area contributed by atoms with Gasteiger partial charge in [0.05, 0.1) is 0 Å². The van der Waals surface area contributed by atoms with Gasteiger partial charge in [-0.3, -0.25) is 0 Å². The van der Waals surface area contributed by atoms with Gasteiger partial charge < -0.3 is 10.2 Å². The Kier molecular flexibility index (Phi) is 2.43. The van der Waals surface area contributed by atoms with E-state index in [0.29, 0.717) is 10.0 Å². The Morgan fingerprint density at radius 3 is 2.20 bits per heavy atom. The van der Waals surface area contributed by atoms with E-state index in [1.807, 2.05) is 6.07 Å². The molecule has 0 heterocycles. The molecule has 0 saturated carbocycles. The number of hydrogen-bond acceptors (Lipinski definition) is 2. The monoisotopic (exact) mass is 202 g/mol. The predicted molar refractivity (Wildman–Crippen MR) is 41.3 cm³/mol. The van der Waals surface area contributed by atoms with Crippen LogP contribution in [0.3, 0.4) is 0 Å². The van der Waals surface area contributed by atoms with Gasteiger partial charge in [-0.2, -0.15) is 0 Å². The van der Waals surface area contributed by atoms with Gasteiger partial charge >= 0.3 is 0 Å². The fourth-order valence-corrected chi connectivity index (χ4v) is 1.17. The lowest BCUT2D eigenvalue weighted by Gasteiger charge is -2.04. The second-order valence-electron chi connectivity index (χ2n) is 1.90. The smallest absolute Gasteiger partial charge is 0.179 e. The lowest BCUT2D eigenvalue weighted by atomic mass is 10.2. The lowest BCUT2D eigenvalue weighted by molar-refractivity contribution is -0.0430. The highest BCUT2D eigenvalue weighted by Gasteiger charge is 2.04. The zero-order valence-corrected chi connectivity index (χ0v) is 6.75. The SMILES string of the molecule is OC(O)c1ccccc1Br. The normalized spacial score (nSPS) is 10.4. The molecule has 0 spiro atoms. The molecule has 0 aliphatic heterocycles. The number of aliphatic hydroxyl groups excluding tert-OH is 1. The molecule has 0 aliphatic rings. The maximum Gasteiger partial charge on any atom is 0.179 e. The van der Waals surface area contributed by atoms with Gasteiger partial charge in [0, 0.05) is 10.0 Å². The van der Waals surface area contributed by atoms with Gasteiger partial charge in [-0.05, 0) is 6.07 Å². The molecule has 0 saturated heterocycles. The molecule has 0 aliphatic carbocycles. The van der Waals surface area contributed by atoms with Gasteiger partial charge in [0.1, 0.15) is 0 Å². The third kappa shape index (κ3) is 1.56. The Labute approximate surface area is 67.3 Å². The van der Waals surface area contributed by atoms with E-state index >= 15 is 0 Å². The first-order chi connectivity index (χ1) is 4.72. The third-order valence-corrected chi connectivity index (χ3v) is 1.91. The highest BCUT2D eigenvalue weighted by Crippen LogP contribution is 2.20. The Bertz CT molecular complexity index is 223. The second kappa shape index (κ2) is 3.14. The summed E-state index contributed by atoms with van der Waals surface area (Å²) in [6, 6.07) is 6.97. The van der Waals surface area contributed by atoms with Crippen molar-refractivity contribution in [3.63, 3.8) is 0 Å². The molecule has 0 atom stereocenters. The Morgan fingerprint density at radius 1 is 1.20 bits per heavy atom. The summed E-state index contributed by atoms with van der Waals surface area (Å²) in [4.78, 5) is 0. The molecule has 1 rings (SSSR count). The van der Waals surface area contributed by atoms with Crippen LogP contribution in [-0.2, 0) is 0 Å². The topological polar surface area (TPSA) is 40.5 Å². The quantitative estimate of drug-likeness (QED) is 0.677.